The van der Waals surface area contributed by atoms with E-state index in [9.17, 15) is 8.42 Å². The molecule has 0 aromatic carbocycles. The fourth-order valence-electron chi connectivity index (χ4n) is 1.41. The molecular formula is C10H17BrN4O3S. The molecule has 1 aromatic heterocycles. The maximum atomic E-state index is 12.2. The average Bonchev–Trinajstić information content (AvgIpc) is 2.37. The molecule has 0 spiro atoms. The predicted octanol–water partition coefficient (Wildman–Crippen LogP) is 0.691. The van der Waals surface area contributed by atoms with Gasteiger partial charge in [-0.3, -0.25) is 0 Å². The number of halogens is 1. The monoisotopic (exact) mass is 352 g/mol. The quantitative estimate of drug-likeness (QED) is 0.492. The van der Waals surface area contributed by atoms with Gasteiger partial charge in [-0.2, -0.15) is 0 Å². The van der Waals surface area contributed by atoms with Crippen molar-refractivity contribution in [3.63, 3.8) is 0 Å². The molecule has 9 heteroatoms. The minimum absolute atomic E-state index is 0.00556. The lowest BCUT2D eigenvalue weighted by molar-refractivity contribution is 0.161. The van der Waals surface area contributed by atoms with Crippen LogP contribution >= 0.6 is 15.9 Å². The van der Waals surface area contributed by atoms with Gasteiger partial charge in [0.15, 0.2) is 5.82 Å². The Balaban J connectivity index is 2.91. The lowest BCUT2D eigenvalue weighted by Crippen LogP contribution is -2.31. The van der Waals surface area contributed by atoms with Gasteiger partial charge in [0.1, 0.15) is 4.90 Å². The zero-order valence-corrected chi connectivity index (χ0v) is 13.1. The van der Waals surface area contributed by atoms with Crippen molar-refractivity contribution in [2.24, 2.45) is 11.8 Å². The molecule has 0 amide bonds. The highest BCUT2D eigenvalue weighted by Crippen LogP contribution is 2.22. The average molecular weight is 353 g/mol. The highest BCUT2D eigenvalue weighted by atomic mass is 79.9. The molecule has 0 saturated carbocycles. The molecule has 1 atom stereocenters. The number of pyridine rings is 1. The Morgan fingerprint density at radius 2 is 2.26 bits per heavy atom. The normalized spacial score (nSPS) is 13.3. The number of rotatable bonds is 7. The Hall–Kier alpha value is -0.740. The smallest absolute Gasteiger partial charge is 0.244 e. The highest BCUT2D eigenvalue weighted by Gasteiger charge is 2.20. The summed E-state index contributed by atoms with van der Waals surface area (Å²) in [6.45, 7) is 2.63. The zero-order valence-electron chi connectivity index (χ0n) is 10.7. The van der Waals surface area contributed by atoms with E-state index in [1.807, 2.05) is 6.92 Å². The summed E-state index contributed by atoms with van der Waals surface area (Å²) in [6, 6.07) is 1.44. The standard InChI is InChI=1S/C10H17BrN4O3S/c1-7(6-18-2)4-14-19(16,17)9-3-8(11)5-13-10(9)15-12/h3,5,7,14H,4,6,12H2,1-2H3,(H,13,15). The molecule has 1 rings (SSSR count). The van der Waals surface area contributed by atoms with Crippen LogP contribution in [0.25, 0.3) is 0 Å². The van der Waals surface area contributed by atoms with Crippen LogP contribution in [-0.2, 0) is 14.8 Å². The van der Waals surface area contributed by atoms with Crippen LogP contribution in [0, 0.1) is 5.92 Å². The fourth-order valence-corrected chi connectivity index (χ4v) is 3.20. The molecule has 0 saturated heterocycles. The van der Waals surface area contributed by atoms with Gasteiger partial charge in [-0.25, -0.2) is 24.0 Å². The number of aromatic nitrogens is 1. The third kappa shape index (κ3) is 4.69. The van der Waals surface area contributed by atoms with Gasteiger partial charge in [-0.15, -0.1) is 0 Å². The van der Waals surface area contributed by atoms with Crippen LogP contribution < -0.4 is 16.0 Å². The van der Waals surface area contributed by atoms with E-state index in [0.29, 0.717) is 11.1 Å². The first-order chi connectivity index (χ1) is 8.90. The number of anilines is 1. The topological polar surface area (TPSA) is 106 Å². The molecule has 0 aliphatic rings. The van der Waals surface area contributed by atoms with E-state index in [4.69, 9.17) is 10.6 Å². The molecule has 0 aliphatic heterocycles. The summed E-state index contributed by atoms with van der Waals surface area (Å²) in [4.78, 5) is 3.89. The van der Waals surface area contributed by atoms with E-state index in [1.54, 1.807) is 7.11 Å². The number of methoxy groups -OCH3 is 1. The van der Waals surface area contributed by atoms with Gasteiger partial charge in [0, 0.05) is 30.9 Å². The SMILES string of the molecule is COCC(C)CNS(=O)(=O)c1cc(Br)cnc1NN. The van der Waals surface area contributed by atoms with E-state index >= 15 is 0 Å². The molecule has 1 aromatic rings. The third-order valence-electron chi connectivity index (χ3n) is 2.32. The minimum atomic E-state index is -3.68. The molecule has 19 heavy (non-hydrogen) atoms. The van der Waals surface area contributed by atoms with Crippen molar-refractivity contribution in [3.05, 3.63) is 16.7 Å². The molecule has 7 nitrogen and oxygen atoms in total. The van der Waals surface area contributed by atoms with E-state index in [-0.39, 0.29) is 23.2 Å². The number of nitrogens with two attached hydrogens (primary N) is 1. The first-order valence-electron chi connectivity index (χ1n) is 5.51. The van der Waals surface area contributed by atoms with Crippen molar-refractivity contribution < 1.29 is 13.2 Å². The second-order valence-electron chi connectivity index (χ2n) is 4.06. The Bertz CT molecular complexity index is 524. The van der Waals surface area contributed by atoms with Crippen LogP contribution in [0.3, 0.4) is 0 Å². The van der Waals surface area contributed by atoms with Crippen molar-refractivity contribution in [1.82, 2.24) is 9.71 Å². The summed E-state index contributed by atoms with van der Waals surface area (Å²) in [5.41, 5.74) is 2.27. The van der Waals surface area contributed by atoms with Gasteiger partial charge in [0.25, 0.3) is 0 Å². The summed E-state index contributed by atoms with van der Waals surface area (Å²) in [7, 11) is -2.11. The Morgan fingerprint density at radius 1 is 1.58 bits per heavy atom. The van der Waals surface area contributed by atoms with Crippen LogP contribution in [0.4, 0.5) is 5.82 Å². The third-order valence-corrected chi connectivity index (χ3v) is 4.19. The van der Waals surface area contributed by atoms with E-state index in [2.05, 4.69) is 31.1 Å². The van der Waals surface area contributed by atoms with E-state index in [0.717, 1.165) is 0 Å². The molecule has 0 bridgehead atoms. The predicted molar refractivity (Wildman–Crippen MR) is 76.0 cm³/mol. The fraction of sp³-hybridized carbons (Fsp3) is 0.500. The summed E-state index contributed by atoms with van der Waals surface area (Å²) in [6.07, 6.45) is 1.46. The number of hydrogen-bond acceptors (Lipinski definition) is 6. The van der Waals surface area contributed by atoms with Crippen LogP contribution in [0.2, 0.25) is 0 Å². The van der Waals surface area contributed by atoms with Crippen LogP contribution in [0.15, 0.2) is 21.6 Å². The number of ether oxygens (including phenoxy) is 1. The Kier molecular flexibility index (Phi) is 6.14. The van der Waals surface area contributed by atoms with Crippen LogP contribution in [-0.4, -0.2) is 33.7 Å². The molecular weight excluding hydrogens is 336 g/mol. The summed E-state index contributed by atoms with van der Waals surface area (Å²) in [5.74, 6) is 5.42. The maximum Gasteiger partial charge on any atom is 0.244 e. The van der Waals surface area contributed by atoms with Crippen molar-refractivity contribution in [2.45, 2.75) is 11.8 Å². The minimum Gasteiger partial charge on any atom is -0.384 e. The van der Waals surface area contributed by atoms with Crippen LogP contribution in [0.1, 0.15) is 6.92 Å². The second-order valence-corrected chi connectivity index (χ2v) is 6.71. The van der Waals surface area contributed by atoms with Crippen molar-refractivity contribution in [1.29, 1.82) is 0 Å². The number of hydrogen-bond donors (Lipinski definition) is 3. The molecule has 4 N–H and O–H groups in total. The van der Waals surface area contributed by atoms with Crippen molar-refractivity contribution in [3.8, 4) is 0 Å². The Labute approximate surface area is 121 Å². The maximum absolute atomic E-state index is 12.2. The van der Waals surface area contributed by atoms with Gasteiger partial charge >= 0.3 is 0 Å². The lowest BCUT2D eigenvalue weighted by atomic mass is 10.2. The molecule has 0 aliphatic carbocycles. The first kappa shape index (κ1) is 16.3. The van der Waals surface area contributed by atoms with Crippen molar-refractivity contribution in [2.75, 3.05) is 25.7 Å². The Morgan fingerprint density at radius 3 is 2.84 bits per heavy atom. The largest absolute Gasteiger partial charge is 0.384 e. The van der Waals surface area contributed by atoms with Gasteiger partial charge in [-0.05, 0) is 27.9 Å². The number of nitrogens with one attached hydrogen (secondary N) is 2. The molecule has 108 valence electrons. The van der Waals surface area contributed by atoms with E-state index < -0.39 is 10.0 Å². The van der Waals surface area contributed by atoms with Gasteiger partial charge in [-0.1, -0.05) is 6.92 Å². The van der Waals surface area contributed by atoms with Crippen molar-refractivity contribution >= 4 is 31.8 Å². The highest BCUT2D eigenvalue weighted by molar-refractivity contribution is 9.10. The number of hydrazine groups is 1. The summed E-state index contributed by atoms with van der Waals surface area (Å²) < 4.78 is 32.3. The molecule has 0 radical (unpaired) electrons. The zero-order chi connectivity index (χ0) is 14.5. The first-order valence-corrected chi connectivity index (χ1v) is 7.79. The molecule has 1 unspecified atom stereocenters. The summed E-state index contributed by atoms with van der Waals surface area (Å²) in [5, 5.41) is 0. The van der Waals surface area contributed by atoms with Gasteiger partial charge < -0.3 is 10.2 Å². The lowest BCUT2D eigenvalue weighted by Gasteiger charge is -2.13. The molecule has 1 heterocycles. The van der Waals surface area contributed by atoms with E-state index in [1.165, 1.54) is 12.3 Å². The van der Waals surface area contributed by atoms with Gasteiger partial charge in [0.2, 0.25) is 10.0 Å². The van der Waals surface area contributed by atoms with Crippen LogP contribution in [0.5, 0.6) is 0 Å². The molecule has 0 fully saturated rings. The summed E-state index contributed by atoms with van der Waals surface area (Å²) >= 11 is 3.18. The number of sulfonamides is 1. The number of nitrogen functional groups attached to an aromatic ring is 1. The second kappa shape index (κ2) is 7.15. The van der Waals surface area contributed by atoms with Gasteiger partial charge in [0.05, 0.1) is 0 Å². The number of nitrogens with zero attached hydrogens (tertiary/aromatic N) is 1.